The molecule has 0 saturated carbocycles. The van der Waals surface area contributed by atoms with Gasteiger partial charge < -0.3 is 9.84 Å². The molecule has 0 spiro atoms. The van der Waals surface area contributed by atoms with Gasteiger partial charge in [0.05, 0.1) is 13.2 Å². The van der Waals surface area contributed by atoms with E-state index in [9.17, 15) is 4.79 Å². The van der Waals surface area contributed by atoms with Crippen molar-refractivity contribution < 1.29 is 14.6 Å². The maximum Gasteiger partial charge on any atom is 0.331 e. The van der Waals surface area contributed by atoms with Crippen LogP contribution in [0.4, 0.5) is 0 Å². The minimum atomic E-state index is -0.933. The minimum Gasteiger partial charge on any atom is -0.478 e. The van der Waals surface area contributed by atoms with Gasteiger partial charge in [-0.25, -0.2) is 4.79 Å². The number of hydrogen-bond donors (Lipinski definition) is 1. The Morgan fingerprint density at radius 1 is 1.82 bits per heavy atom. The summed E-state index contributed by atoms with van der Waals surface area (Å²) in [6, 6.07) is 0. The van der Waals surface area contributed by atoms with Crippen molar-refractivity contribution in [2.45, 2.75) is 6.42 Å². The zero-order valence-electron chi connectivity index (χ0n) is 6.17. The van der Waals surface area contributed by atoms with Gasteiger partial charge in [0.1, 0.15) is 0 Å². The summed E-state index contributed by atoms with van der Waals surface area (Å²) >= 11 is 0. The van der Waals surface area contributed by atoms with Crippen molar-refractivity contribution in [1.82, 2.24) is 0 Å². The zero-order valence-corrected chi connectivity index (χ0v) is 6.17. The molecule has 60 valence electrons. The summed E-state index contributed by atoms with van der Waals surface area (Å²) in [6.45, 7) is 4.57. The van der Waals surface area contributed by atoms with Crippen molar-refractivity contribution in [3.8, 4) is 0 Å². The van der Waals surface area contributed by atoms with Crippen molar-refractivity contribution in [3.05, 3.63) is 23.8 Å². The monoisotopic (exact) mass is 154 g/mol. The molecule has 0 fully saturated rings. The van der Waals surface area contributed by atoms with Gasteiger partial charge in [0.15, 0.2) is 0 Å². The predicted octanol–water partition coefficient (Wildman–Crippen LogP) is 0.974. The highest BCUT2D eigenvalue weighted by Crippen LogP contribution is 2.13. The lowest BCUT2D eigenvalue weighted by atomic mass is 10.1. The lowest BCUT2D eigenvalue weighted by molar-refractivity contribution is -0.132. The number of hydrogen-bond acceptors (Lipinski definition) is 2. The molecule has 0 aromatic carbocycles. The summed E-state index contributed by atoms with van der Waals surface area (Å²) in [4.78, 5) is 10.3. The number of carboxylic acid groups (broad SMARTS) is 1. The molecule has 1 N–H and O–H groups in total. The van der Waals surface area contributed by atoms with Gasteiger partial charge in [-0.05, 0) is 5.57 Å². The molecule has 0 atom stereocenters. The summed E-state index contributed by atoms with van der Waals surface area (Å²) in [7, 11) is 0. The largest absolute Gasteiger partial charge is 0.478 e. The fourth-order valence-corrected chi connectivity index (χ4v) is 0.899. The summed E-state index contributed by atoms with van der Waals surface area (Å²) in [5.41, 5.74) is 1.24. The van der Waals surface area contributed by atoms with Crippen LogP contribution in [-0.4, -0.2) is 24.3 Å². The SMILES string of the molecule is C=C(CC1=CCOC1)C(=O)O. The summed E-state index contributed by atoms with van der Waals surface area (Å²) in [5, 5.41) is 8.47. The highest BCUT2D eigenvalue weighted by atomic mass is 16.5. The average molecular weight is 154 g/mol. The third-order valence-corrected chi connectivity index (χ3v) is 1.52. The molecule has 0 saturated heterocycles. The Bertz CT molecular complexity index is 215. The highest BCUT2D eigenvalue weighted by Gasteiger charge is 2.10. The van der Waals surface area contributed by atoms with Gasteiger partial charge in [0.25, 0.3) is 0 Å². The number of rotatable bonds is 3. The van der Waals surface area contributed by atoms with E-state index < -0.39 is 5.97 Å². The quantitative estimate of drug-likeness (QED) is 0.486. The van der Waals surface area contributed by atoms with E-state index in [1.54, 1.807) is 0 Å². The molecule has 1 rings (SSSR count). The minimum absolute atomic E-state index is 0.224. The van der Waals surface area contributed by atoms with E-state index in [-0.39, 0.29) is 5.57 Å². The number of aliphatic carboxylic acids is 1. The van der Waals surface area contributed by atoms with Crippen molar-refractivity contribution in [2.24, 2.45) is 0 Å². The Morgan fingerprint density at radius 2 is 2.55 bits per heavy atom. The molecule has 0 aromatic rings. The van der Waals surface area contributed by atoms with Crippen molar-refractivity contribution in [3.63, 3.8) is 0 Å². The van der Waals surface area contributed by atoms with Crippen LogP contribution in [0.1, 0.15) is 6.42 Å². The van der Waals surface area contributed by atoms with E-state index >= 15 is 0 Å². The highest BCUT2D eigenvalue weighted by molar-refractivity contribution is 5.86. The van der Waals surface area contributed by atoms with Gasteiger partial charge in [0.2, 0.25) is 0 Å². The molecule has 0 amide bonds. The lowest BCUT2D eigenvalue weighted by Gasteiger charge is -1.99. The molecule has 0 bridgehead atoms. The first kappa shape index (κ1) is 8.01. The van der Waals surface area contributed by atoms with E-state index in [4.69, 9.17) is 9.84 Å². The molecule has 0 radical (unpaired) electrons. The topological polar surface area (TPSA) is 46.5 Å². The molecule has 3 heteroatoms. The van der Waals surface area contributed by atoms with E-state index in [2.05, 4.69) is 6.58 Å². The third-order valence-electron chi connectivity index (χ3n) is 1.52. The second kappa shape index (κ2) is 3.34. The van der Waals surface area contributed by atoms with E-state index in [0.29, 0.717) is 19.6 Å². The van der Waals surface area contributed by atoms with Gasteiger partial charge >= 0.3 is 5.97 Å². The first-order valence-electron chi connectivity index (χ1n) is 3.37. The van der Waals surface area contributed by atoms with Crippen LogP contribution in [0.25, 0.3) is 0 Å². The Morgan fingerprint density at radius 3 is 3.00 bits per heavy atom. The van der Waals surface area contributed by atoms with E-state index in [1.807, 2.05) is 6.08 Å². The summed E-state index contributed by atoms with van der Waals surface area (Å²) in [5.74, 6) is -0.933. The maximum absolute atomic E-state index is 10.3. The van der Waals surface area contributed by atoms with Gasteiger partial charge in [-0.1, -0.05) is 12.7 Å². The molecular weight excluding hydrogens is 144 g/mol. The second-order valence-electron chi connectivity index (χ2n) is 2.46. The van der Waals surface area contributed by atoms with Crippen LogP contribution in [0.3, 0.4) is 0 Å². The predicted molar refractivity (Wildman–Crippen MR) is 40.3 cm³/mol. The van der Waals surface area contributed by atoms with Crippen LogP contribution in [0.5, 0.6) is 0 Å². The Hall–Kier alpha value is -1.09. The first-order valence-corrected chi connectivity index (χ1v) is 3.37. The molecule has 1 aliphatic rings. The van der Waals surface area contributed by atoms with Crippen LogP contribution >= 0.6 is 0 Å². The summed E-state index contributed by atoms with van der Waals surface area (Å²) < 4.78 is 5.01. The zero-order chi connectivity index (χ0) is 8.27. The Labute approximate surface area is 65.0 Å². The fraction of sp³-hybridized carbons (Fsp3) is 0.375. The van der Waals surface area contributed by atoms with Crippen LogP contribution in [-0.2, 0) is 9.53 Å². The molecular formula is C8H10O3. The van der Waals surface area contributed by atoms with Gasteiger partial charge in [-0.15, -0.1) is 0 Å². The molecule has 0 aromatic heterocycles. The van der Waals surface area contributed by atoms with Crippen molar-refractivity contribution in [1.29, 1.82) is 0 Å². The third kappa shape index (κ3) is 2.20. The van der Waals surface area contributed by atoms with Crippen LogP contribution < -0.4 is 0 Å². The molecule has 11 heavy (non-hydrogen) atoms. The van der Waals surface area contributed by atoms with Crippen LogP contribution in [0.15, 0.2) is 23.8 Å². The Kier molecular flexibility index (Phi) is 2.44. The number of ether oxygens (including phenoxy) is 1. The smallest absolute Gasteiger partial charge is 0.331 e. The number of carboxylic acids is 1. The van der Waals surface area contributed by atoms with E-state index in [0.717, 1.165) is 5.57 Å². The lowest BCUT2D eigenvalue weighted by Crippen LogP contribution is -2.00. The molecule has 0 aliphatic carbocycles. The molecule has 1 heterocycles. The van der Waals surface area contributed by atoms with Crippen molar-refractivity contribution in [2.75, 3.05) is 13.2 Å². The second-order valence-corrected chi connectivity index (χ2v) is 2.46. The maximum atomic E-state index is 10.3. The Balaban J connectivity index is 2.42. The fourth-order valence-electron chi connectivity index (χ4n) is 0.899. The van der Waals surface area contributed by atoms with Gasteiger partial charge in [0, 0.05) is 12.0 Å². The normalized spacial score (nSPS) is 16.2. The standard InChI is InChI=1S/C8H10O3/c1-6(8(9)10)4-7-2-3-11-5-7/h2H,1,3-5H2,(H,9,10). The van der Waals surface area contributed by atoms with Crippen molar-refractivity contribution >= 4 is 5.97 Å². The molecule has 0 unspecified atom stereocenters. The summed E-state index contributed by atoms with van der Waals surface area (Å²) in [6.07, 6.45) is 2.32. The molecule has 1 aliphatic heterocycles. The first-order chi connectivity index (χ1) is 5.20. The van der Waals surface area contributed by atoms with Gasteiger partial charge in [-0.3, -0.25) is 0 Å². The van der Waals surface area contributed by atoms with E-state index in [1.165, 1.54) is 0 Å². The van der Waals surface area contributed by atoms with Crippen LogP contribution in [0, 0.1) is 0 Å². The van der Waals surface area contributed by atoms with Crippen LogP contribution in [0.2, 0.25) is 0 Å². The van der Waals surface area contributed by atoms with Gasteiger partial charge in [-0.2, -0.15) is 0 Å². The molecule has 3 nitrogen and oxygen atoms in total. The number of carbonyl (C=O) groups is 1. The average Bonchev–Trinajstić information content (AvgIpc) is 2.39.